The highest BCUT2D eigenvalue weighted by molar-refractivity contribution is 8.00. The van der Waals surface area contributed by atoms with Crippen LogP contribution in [0.15, 0.2) is 0 Å². The Balaban J connectivity index is 2.03. The normalized spacial score (nSPS) is 28.7. The van der Waals surface area contributed by atoms with E-state index in [1.54, 1.807) is 16.7 Å². The Bertz CT molecular complexity index is 402. The third-order valence-corrected chi connectivity index (χ3v) is 6.54. The number of likely N-dealkylation sites (tertiary alicyclic amines) is 1. The minimum absolute atomic E-state index is 0.0531. The summed E-state index contributed by atoms with van der Waals surface area (Å²) in [7, 11) is 0. The first kappa shape index (κ1) is 16.5. The van der Waals surface area contributed by atoms with Gasteiger partial charge in [-0.2, -0.15) is 0 Å². The van der Waals surface area contributed by atoms with E-state index < -0.39 is 12.0 Å². The molecule has 2 amide bonds. The summed E-state index contributed by atoms with van der Waals surface area (Å²) >= 11 is 1.54. The highest BCUT2D eigenvalue weighted by Gasteiger charge is 2.43. The zero-order chi connectivity index (χ0) is 15.6. The lowest BCUT2D eigenvalue weighted by molar-refractivity contribution is -0.141. The van der Waals surface area contributed by atoms with Gasteiger partial charge in [0.15, 0.2) is 0 Å². The van der Waals surface area contributed by atoms with E-state index in [-0.39, 0.29) is 11.4 Å². The quantitative estimate of drug-likeness (QED) is 0.870. The minimum atomic E-state index is -0.895. The third kappa shape index (κ3) is 3.15. The van der Waals surface area contributed by atoms with Crippen molar-refractivity contribution in [1.29, 1.82) is 0 Å². The number of urea groups is 1. The van der Waals surface area contributed by atoms with Crippen LogP contribution in [0.1, 0.15) is 46.5 Å². The molecule has 0 spiro atoms. The molecule has 2 unspecified atom stereocenters. The van der Waals surface area contributed by atoms with Crippen LogP contribution in [0, 0.1) is 5.41 Å². The van der Waals surface area contributed by atoms with Gasteiger partial charge in [-0.25, -0.2) is 9.59 Å². The zero-order valence-electron chi connectivity index (χ0n) is 13.2. The molecule has 2 heterocycles. The van der Waals surface area contributed by atoms with Crippen LogP contribution >= 0.6 is 11.8 Å². The molecule has 0 saturated carbocycles. The van der Waals surface area contributed by atoms with Gasteiger partial charge in [0.05, 0.1) is 5.37 Å². The van der Waals surface area contributed by atoms with Crippen molar-refractivity contribution in [3.05, 3.63) is 0 Å². The van der Waals surface area contributed by atoms with E-state index >= 15 is 0 Å². The van der Waals surface area contributed by atoms with Crippen molar-refractivity contribution in [2.45, 2.75) is 57.9 Å². The summed E-state index contributed by atoms with van der Waals surface area (Å²) in [6.07, 6.45) is 4.36. The Labute approximate surface area is 131 Å². The molecule has 2 atom stereocenters. The molecule has 5 nitrogen and oxygen atoms in total. The van der Waals surface area contributed by atoms with E-state index in [0.29, 0.717) is 11.2 Å². The van der Waals surface area contributed by atoms with Gasteiger partial charge in [-0.05, 0) is 25.2 Å². The second-order valence-electron chi connectivity index (χ2n) is 6.17. The molecule has 2 aliphatic heterocycles. The number of carbonyl (C=O) groups is 2. The summed E-state index contributed by atoms with van der Waals surface area (Å²) in [6.45, 7) is 7.86. The summed E-state index contributed by atoms with van der Waals surface area (Å²) in [5.41, 5.74) is 0.369. The molecule has 0 aliphatic carbocycles. The Morgan fingerprint density at radius 2 is 1.81 bits per heavy atom. The summed E-state index contributed by atoms with van der Waals surface area (Å²) in [4.78, 5) is 27.4. The van der Waals surface area contributed by atoms with Gasteiger partial charge in [0, 0.05) is 18.8 Å². The molecule has 0 bridgehead atoms. The lowest BCUT2D eigenvalue weighted by Crippen LogP contribution is -2.53. The summed E-state index contributed by atoms with van der Waals surface area (Å²) in [5.74, 6) is -0.405. The number of rotatable bonds is 3. The molecule has 0 aromatic carbocycles. The molecule has 1 N–H and O–H groups in total. The smallest absolute Gasteiger partial charge is 0.327 e. The Morgan fingerprint density at radius 1 is 1.24 bits per heavy atom. The van der Waals surface area contributed by atoms with Gasteiger partial charge in [-0.1, -0.05) is 26.7 Å². The van der Waals surface area contributed by atoms with Crippen molar-refractivity contribution < 1.29 is 14.7 Å². The number of aliphatic carboxylic acids is 1. The summed E-state index contributed by atoms with van der Waals surface area (Å²) in [6, 6.07) is -0.776. The van der Waals surface area contributed by atoms with E-state index in [4.69, 9.17) is 0 Å². The summed E-state index contributed by atoms with van der Waals surface area (Å²) < 4.78 is 0. The monoisotopic (exact) mass is 314 g/mol. The van der Waals surface area contributed by atoms with Crippen LogP contribution in [-0.2, 0) is 4.79 Å². The van der Waals surface area contributed by atoms with Crippen LogP contribution < -0.4 is 0 Å². The van der Waals surface area contributed by atoms with Crippen LogP contribution in [0.5, 0.6) is 0 Å². The fraction of sp³-hybridized carbons (Fsp3) is 0.867. The number of hydrogen-bond donors (Lipinski definition) is 1. The predicted octanol–water partition coefficient (Wildman–Crippen LogP) is 2.86. The highest BCUT2D eigenvalue weighted by atomic mass is 32.2. The fourth-order valence-electron chi connectivity index (χ4n) is 3.42. The van der Waals surface area contributed by atoms with Gasteiger partial charge in [0.2, 0.25) is 0 Å². The van der Waals surface area contributed by atoms with Crippen LogP contribution in [0.4, 0.5) is 4.79 Å². The maximum atomic E-state index is 12.7. The van der Waals surface area contributed by atoms with Gasteiger partial charge in [-0.15, -0.1) is 11.8 Å². The van der Waals surface area contributed by atoms with E-state index in [1.165, 1.54) is 0 Å². The topological polar surface area (TPSA) is 60.9 Å². The van der Waals surface area contributed by atoms with Gasteiger partial charge in [0.1, 0.15) is 6.04 Å². The van der Waals surface area contributed by atoms with Crippen molar-refractivity contribution in [2.24, 2.45) is 5.41 Å². The van der Waals surface area contributed by atoms with Gasteiger partial charge >= 0.3 is 12.0 Å². The maximum absolute atomic E-state index is 12.7. The maximum Gasteiger partial charge on any atom is 0.327 e. The van der Waals surface area contributed by atoms with Crippen LogP contribution in [0.25, 0.3) is 0 Å². The SMILES string of the molecule is CCC1(CC)CCN(C(=O)N2C(C)SCC2C(=O)O)CC1. The molecule has 6 heteroatoms. The van der Waals surface area contributed by atoms with Crippen molar-refractivity contribution in [2.75, 3.05) is 18.8 Å². The van der Waals surface area contributed by atoms with Crippen molar-refractivity contribution in [3.63, 3.8) is 0 Å². The predicted molar refractivity (Wildman–Crippen MR) is 84.4 cm³/mol. The van der Waals surface area contributed by atoms with E-state index in [9.17, 15) is 14.7 Å². The van der Waals surface area contributed by atoms with Gasteiger partial charge in [-0.3, -0.25) is 4.90 Å². The molecule has 0 aromatic rings. The molecule has 2 rings (SSSR count). The lowest BCUT2D eigenvalue weighted by Gasteiger charge is -2.42. The van der Waals surface area contributed by atoms with E-state index in [2.05, 4.69) is 13.8 Å². The number of hydrogen-bond acceptors (Lipinski definition) is 3. The Kier molecular flexibility index (Phi) is 5.07. The third-order valence-electron chi connectivity index (χ3n) is 5.32. The zero-order valence-corrected chi connectivity index (χ0v) is 14.0. The van der Waals surface area contributed by atoms with Gasteiger partial charge < -0.3 is 10.0 Å². The first-order valence-corrected chi connectivity index (χ1v) is 8.90. The van der Waals surface area contributed by atoms with Crippen molar-refractivity contribution in [3.8, 4) is 0 Å². The average molecular weight is 314 g/mol. The lowest BCUT2D eigenvalue weighted by atomic mass is 9.74. The summed E-state index contributed by atoms with van der Waals surface area (Å²) in [5, 5.41) is 9.23. The molecule has 0 radical (unpaired) electrons. The Morgan fingerprint density at radius 3 is 2.29 bits per heavy atom. The molecule has 21 heavy (non-hydrogen) atoms. The number of nitrogens with zero attached hydrogens (tertiary/aromatic N) is 2. The molecule has 0 aromatic heterocycles. The molecular formula is C15H26N2O3S. The van der Waals surface area contributed by atoms with Crippen LogP contribution in [0.3, 0.4) is 0 Å². The molecule has 2 aliphatic rings. The molecule has 120 valence electrons. The first-order chi connectivity index (χ1) is 9.94. The highest BCUT2D eigenvalue weighted by Crippen LogP contribution is 2.39. The second kappa shape index (κ2) is 6.46. The van der Waals surface area contributed by atoms with Crippen LogP contribution in [0.2, 0.25) is 0 Å². The minimum Gasteiger partial charge on any atom is -0.480 e. The number of carboxylic acids is 1. The Hall–Kier alpha value is -0.910. The fourth-order valence-corrected chi connectivity index (χ4v) is 4.58. The molecule has 2 fully saturated rings. The number of carboxylic acid groups (broad SMARTS) is 1. The second-order valence-corrected chi connectivity index (χ2v) is 7.52. The molecular weight excluding hydrogens is 288 g/mol. The van der Waals surface area contributed by atoms with Crippen LogP contribution in [-0.4, -0.2) is 57.2 Å². The first-order valence-electron chi connectivity index (χ1n) is 7.86. The standard InChI is InChI=1S/C15H26N2O3S/c1-4-15(5-2)6-8-16(9-7-15)14(20)17-11(3)21-10-12(17)13(18)19/h11-12H,4-10H2,1-3H3,(H,18,19). The van der Waals surface area contributed by atoms with Crippen molar-refractivity contribution in [1.82, 2.24) is 9.80 Å². The van der Waals surface area contributed by atoms with E-state index in [1.807, 2.05) is 11.8 Å². The number of carbonyl (C=O) groups excluding carboxylic acids is 1. The number of thioether (sulfide) groups is 1. The van der Waals surface area contributed by atoms with Crippen molar-refractivity contribution >= 4 is 23.8 Å². The largest absolute Gasteiger partial charge is 0.480 e. The van der Waals surface area contributed by atoms with Gasteiger partial charge in [0.25, 0.3) is 0 Å². The molecule has 2 saturated heterocycles. The number of piperidine rings is 1. The van der Waals surface area contributed by atoms with E-state index in [0.717, 1.165) is 38.8 Å². The average Bonchev–Trinajstić information content (AvgIpc) is 2.88. The number of amides is 2.